The maximum atomic E-state index is 13.4. The number of sulfonamides is 1. The van der Waals surface area contributed by atoms with Gasteiger partial charge < -0.3 is 9.47 Å². The average molecular weight is 452 g/mol. The van der Waals surface area contributed by atoms with Crippen LogP contribution >= 0.6 is 0 Å². The molecule has 3 aromatic carbocycles. The SMILES string of the molecule is Cc1ccccc1OCCOC(=O)c1cccc(S(=O)(=O)N2c3ccccc3CC2C)c1. The molecule has 1 heterocycles. The molecule has 0 amide bonds. The number of para-hydroxylation sites is 2. The summed E-state index contributed by atoms with van der Waals surface area (Å²) in [7, 11) is -3.82. The third-order valence-electron chi connectivity index (χ3n) is 5.44. The molecule has 0 N–H and O–H groups in total. The van der Waals surface area contributed by atoms with Gasteiger partial charge in [0, 0.05) is 6.04 Å². The molecule has 0 saturated heterocycles. The van der Waals surface area contributed by atoms with Crippen LogP contribution in [0.2, 0.25) is 0 Å². The fourth-order valence-electron chi connectivity index (χ4n) is 3.89. The molecular formula is C25H25NO5S. The van der Waals surface area contributed by atoms with Gasteiger partial charge in [0.2, 0.25) is 0 Å². The van der Waals surface area contributed by atoms with Crippen molar-refractivity contribution in [1.82, 2.24) is 0 Å². The minimum Gasteiger partial charge on any atom is -0.490 e. The zero-order valence-electron chi connectivity index (χ0n) is 18.0. The Kier molecular flexibility index (Phi) is 6.19. The van der Waals surface area contributed by atoms with Crippen molar-refractivity contribution in [1.29, 1.82) is 0 Å². The van der Waals surface area contributed by atoms with Gasteiger partial charge >= 0.3 is 5.97 Å². The molecule has 0 fully saturated rings. The number of nitrogens with zero attached hydrogens (tertiary/aromatic N) is 1. The molecule has 0 saturated carbocycles. The van der Waals surface area contributed by atoms with Crippen LogP contribution in [0.15, 0.2) is 77.7 Å². The van der Waals surface area contributed by atoms with Crippen LogP contribution in [0.25, 0.3) is 0 Å². The van der Waals surface area contributed by atoms with Gasteiger partial charge in [-0.3, -0.25) is 4.31 Å². The van der Waals surface area contributed by atoms with Crippen LogP contribution in [0.5, 0.6) is 5.75 Å². The highest BCUT2D eigenvalue weighted by Crippen LogP contribution is 2.36. The summed E-state index contributed by atoms with van der Waals surface area (Å²) in [6.45, 7) is 4.08. The zero-order chi connectivity index (χ0) is 22.7. The Balaban J connectivity index is 1.45. The summed E-state index contributed by atoms with van der Waals surface area (Å²) in [4.78, 5) is 12.6. The fraction of sp³-hybridized carbons (Fsp3) is 0.240. The normalized spacial score (nSPS) is 15.3. The molecule has 4 rings (SSSR count). The first-order chi connectivity index (χ1) is 15.4. The van der Waals surface area contributed by atoms with E-state index in [2.05, 4.69) is 0 Å². The van der Waals surface area contributed by atoms with Crippen molar-refractivity contribution in [2.45, 2.75) is 31.2 Å². The first-order valence-electron chi connectivity index (χ1n) is 10.5. The molecule has 32 heavy (non-hydrogen) atoms. The Labute approximate surface area is 188 Å². The lowest BCUT2D eigenvalue weighted by Crippen LogP contribution is -2.35. The van der Waals surface area contributed by atoms with Gasteiger partial charge in [-0.15, -0.1) is 0 Å². The molecule has 1 atom stereocenters. The van der Waals surface area contributed by atoms with Crippen LogP contribution in [0, 0.1) is 6.92 Å². The number of anilines is 1. The summed E-state index contributed by atoms with van der Waals surface area (Å²) in [5.41, 5.74) is 2.85. The lowest BCUT2D eigenvalue weighted by molar-refractivity contribution is 0.0450. The van der Waals surface area contributed by atoms with E-state index >= 15 is 0 Å². The highest BCUT2D eigenvalue weighted by atomic mass is 32.2. The quantitative estimate of drug-likeness (QED) is 0.394. The molecule has 0 bridgehead atoms. The summed E-state index contributed by atoms with van der Waals surface area (Å²) in [5.74, 6) is 0.141. The Morgan fingerprint density at radius 1 is 1.00 bits per heavy atom. The van der Waals surface area contributed by atoms with E-state index in [9.17, 15) is 13.2 Å². The van der Waals surface area contributed by atoms with Crippen LogP contribution in [0.4, 0.5) is 5.69 Å². The molecule has 166 valence electrons. The van der Waals surface area contributed by atoms with Crippen molar-refractivity contribution in [2.24, 2.45) is 0 Å². The topological polar surface area (TPSA) is 72.9 Å². The van der Waals surface area contributed by atoms with Crippen molar-refractivity contribution in [2.75, 3.05) is 17.5 Å². The molecule has 3 aromatic rings. The molecule has 0 aliphatic carbocycles. The van der Waals surface area contributed by atoms with E-state index in [1.54, 1.807) is 12.1 Å². The maximum absolute atomic E-state index is 13.4. The van der Waals surface area contributed by atoms with E-state index in [0.29, 0.717) is 12.1 Å². The molecule has 0 radical (unpaired) electrons. The van der Waals surface area contributed by atoms with Crippen LogP contribution in [-0.2, 0) is 21.2 Å². The number of carbonyl (C=O) groups is 1. The molecule has 0 aromatic heterocycles. The van der Waals surface area contributed by atoms with Crippen LogP contribution in [0.1, 0.15) is 28.4 Å². The minimum atomic E-state index is -3.82. The molecular weight excluding hydrogens is 426 g/mol. The van der Waals surface area contributed by atoms with Gasteiger partial charge in [-0.05, 0) is 61.7 Å². The monoisotopic (exact) mass is 451 g/mol. The zero-order valence-corrected chi connectivity index (χ0v) is 18.8. The standard InChI is InChI=1S/C25H25NO5S/c1-18-8-3-6-13-24(18)30-14-15-31-25(27)21-10-7-11-22(17-21)32(28,29)26-19(2)16-20-9-4-5-12-23(20)26/h3-13,17,19H,14-16H2,1-2H3. The van der Waals surface area contributed by atoms with E-state index in [1.807, 2.05) is 62.4 Å². The van der Waals surface area contributed by atoms with E-state index in [0.717, 1.165) is 16.9 Å². The van der Waals surface area contributed by atoms with Crippen molar-refractivity contribution >= 4 is 21.7 Å². The van der Waals surface area contributed by atoms with Crippen molar-refractivity contribution in [3.05, 3.63) is 89.5 Å². The number of hydrogen-bond acceptors (Lipinski definition) is 5. The Bertz CT molecular complexity index is 1240. The van der Waals surface area contributed by atoms with Gasteiger partial charge in [-0.1, -0.05) is 42.5 Å². The number of rotatable bonds is 7. The van der Waals surface area contributed by atoms with E-state index in [-0.39, 0.29) is 29.7 Å². The van der Waals surface area contributed by atoms with Gasteiger partial charge in [0.1, 0.15) is 19.0 Å². The first-order valence-corrected chi connectivity index (χ1v) is 11.9. The highest BCUT2D eigenvalue weighted by Gasteiger charge is 2.36. The number of aryl methyl sites for hydroxylation is 1. The molecule has 0 spiro atoms. The van der Waals surface area contributed by atoms with E-state index in [4.69, 9.17) is 9.47 Å². The summed E-state index contributed by atoms with van der Waals surface area (Å²) in [5, 5.41) is 0. The Hall–Kier alpha value is -3.32. The van der Waals surface area contributed by atoms with E-state index < -0.39 is 16.0 Å². The average Bonchev–Trinajstić information content (AvgIpc) is 3.14. The summed E-state index contributed by atoms with van der Waals surface area (Å²) < 4.78 is 39.1. The number of carbonyl (C=O) groups excluding carboxylic acids is 1. The molecule has 1 aliphatic heterocycles. The number of esters is 1. The predicted octanol–water partition coefficient (Wildman–Crippen LogP) is 4.37. The summed E-state index contributed by atoms with van der Waals surface area (Å²) >= 11 is 0. The van der Waals surface area contributed by atoms with Gasteiger partial charge in [0.05, 0.1) is 16.1 Å². The smallest absolute Gasteiger partial charge is 0.338 e. The van der Waals surface area contributed by atoms with Gasteiger partial charge in [-0.25, -0.2) is 13.2 Å². The second kappa shape index (κ2) is 9.04. The van der Waals surface area contributed by atoms with Gasteiger partial charge in [0.25, 0.3) is 10.0 Å². The summed E-state index contributed by atoms with van der Waals surface area (Å²) in [6, 6.07) is 20.8. The predicted molar refractivity (Wildman–Crippen MR) is 123 cm³/mol. The fourth-order valence-corrected chi connectivity index (χ4v) is 5.63. The molecule has 6 nitrogen and oxygen atoms in total. The maximum Gasteiger partial charge on any atom is 0.338 e. The number of ether oxygens (including phenoxy) is 2. The van der Waals surface area contributed by atoms with Crippen molar-refractivity contribution < 1.29 is 22.7 Å². The van der Waals surface area contributed by atoms with Crippen LogP contribution in [-0.4, -0.2) is 33.6 Å². The lowest BCUT2D eigenvalue weighted by Gasteiger charge is -2.24. The van der Waals surface area contributed by atoms with Gasteiger partial charge in [0.15, 0.2) is 0 Å². The molecule has 1 aliphatic rings. The molecule has 1 unspecified atom stereocenters. The molecule has 7 heteroatoms. The second-order valence-corrected chi connectivity index (χ2v) is 9.58. The van der Waals surface area contributed by atoms with Gasteiger partial charge in [-0.2, -0.15) is 0 Å². The van der Waals surface area contributed by atoms with Crippen LogP contribution < -0.4 is 9.04 Å². The number of fused-ring (bicyclic) bond motifs is 1. The Morgan fingerprint density at radius 2 is 1.75 bits per heavy atom. The van der Waals surface area contributed by atoms with Crippen molar-refractivity contribution in [3.8, 4) is 5.75 Å². The Morgan fingerprint density at radius 3 is 2.56 bits per heavy atom. The third kappa shape index (κ3) is 4.34. The lowest BCUT2D eigenvalue weighted by atomic mass is 10.1. The second-order valence-electron chi connectivity index (χ2n) is 7.76. The number of hydrogen-bond donors (Lipinski definition) is 0. The van der Waals surface area contributed by atoms with Crippen molar-refractivity contribution in [3.63, 3.8) is 0 Å². The largest absolute Gasteiger partial charge is 0.490 e. The highest BCUT2D eigenvalue weighted by molar-refractivity contribution is 7.92. The minimum absolute atomic E-state index is 0.0562. The van der Waals surface area contributed by atoms with E-state index in [1.165, 1.54) is 16.4 Å². The summed E-state index contributed by atoms with van der Waals surface area (Å²) in [6.07, 6.45) is 0.651. The number of benzene rings is 3. The van der Waals surface area contributed by atoms with Crippen LogP contribution in [0.3, 0.4) is 0 Å². The first kappa shape index (κ1) is 21.9. The third-order valence-corrected chi connectivity index (χ3v) is 7.36.